The summed E-state index contributed by atoms with van der Waals surface area (Å²) in [4.78, 5) is 8.62. The van der Waals surface area contributed by atoms with Gasteiger partial charge < -0.3 is 5.11 Å². The Morgan fingerprint density at radius 1 is 1.21 bits per heavy atom. The Bertz CT molecular complexity index is 663. The second kappa shape index (κ2) is 5.25. The highest BCUT2D eigenvalue weighted by Crippen LogP contribution is 2.25. The molecule has 0 amide bonds. The molecule has 0 saturated carbocycles. The van der Waals surface area contributed by atoms with Crippen LogP contribution < -0.4 is 0 Å². The summed E-state index contributed by atoms with van der Waals surface area (Å²) in [5.74, 6) is 0. The Labute approximate surface area is 119 Å². The number of aromatic nitrogens is 2. The van der Waals surface area contributed by atoms with Gasteiger partial charge >= 0.3 is 0 Å². The zero-order chi connectivity index (χ0) is 13.2. The van der Waals surface area contributed by atoms with E-state index < -0.39 is 6.10 Å². The third-order valence-electron chi connectivity index (χ3n) is 2.80. The molecular formula is C14H11ClN2OS. The Morgan fingerprint density at radius 2 is 2.05 bits per heavy atom. The molecule has 3 aromatic rings. The number of nitrogens with zero attached hydrogens (tertiary/aromatic N) is 2. The number of hydrogen-bond donors (Lipinski definition) is 1. The molecule has 2 heterocycles. The van der Waals surface area contributed by atoms with Crippen LogP contribution in [0.4, 0.5) is 0 Å². The summed E-state index contributed by atoms with van der Waals surface area (Å²) in [7, 11) is 0. The van der Waals surface area contributed by atoms with E-state index in [-0.39, 0.29) is 0 Å². The van der Waals surface area contributed by atoms with Gasteiger partial charge in [0.15, 0.2) is 0 Å². The van der Waals surface area contributed by atoms with Crippen LogP contribution in [0.1, 0.15) is 16.8 Å². The predicted octanol–water partition coefficient (Wildman–Crippen LogP) is 3.62. The van der Waals surface area contributed by atoms with E-state index in [2.05, 4.69) is 9.97 Å². The van der Waals surface area contributed by atoms with Gasteiger partial charge in [0.1, 0.15) is 6.10 Å². The van der Waals surface area contributed by atoms with Crippen LogP contribution in [-0.2, 0) is 6.42 Å². The van der Waals surface area contributed by atoms with E-state index in [1.807, 2.05) is 24.3 Å². The van der Waals surface area contributed by atoms with Gasteiger partial charge in [-0.3, -0.25) is 4.98 Å². The lowest BCUT2D eigenvalue weighted by Crippen LogP contribution is -2.03. The highest BCUT2D eigenvalue weighted by Gasteiger charge is 2.13. The Morgan fingerprint density at radius 3 is 2.79 bits per heavy atom. The number of pyridine rings is 1. The molecule has 0 aliphatic rings. The van der Waals surface area contributed by atoms with Gasteiger partial charge in [-0.15, -0.1) is 11.3 Å². The van der Waals surface area contributed by atoms with E-state index in [9.17, 15) is 5.11 Å². The van der Waals surface area contributed by atoms with Crippen molar-refractivity contribution >= 4 is 33.2 Å². The molecule has 19 heavy (non-hydrogen) atoms. The molecule has 0 saturated heterocycles. The summed E-state index contributed by atoms with van der Waals surface area (Å²) in [6, 6.07) is 11.4. The molecule has 1 N–H and O–H groups in total. The number of fused-ring (bicyclic) bond motifs is 1. The molecule has 1 aromatic carbocycles. The predicted molar refractivity (Wildman–Crippen MR) is 77.5 cm³/mol. The lowest BCUT2D eigenvalue weighted by atomic mass is 10.2. The Balaban J connectivity index is 1.82. The minimum absolute atomic E-state index is 0.466. The lowest BCUT2D eigenvalue weighted by Gasteiger charge is -2.07. The molecule has 0 bridgehead atoms. The fourth-order valence-corrected chi connectivity index (χ4v) is 2.98. The first-order valence-corrected chi connectivity index (χ1v) is 7.06. The van der Waals surface area contributed by atoms with Crippen molar-refractivity contribution in [1.29, 1.82) is 0 Å². The summed E-state index contributed by atoms with van der Waals surface area (Å²) >= 11 is 7.37. The zero-order valence-electron chi connectivity index (χ0n) is 9.95. The minimum atomic E-state index is -0.655. The number of aliphatic hydroxyl groups is 1. The summed E-state index contributed by atoms with van der Waals surface area (Å²) in [6.45, 7) is 0. The molecule has 1 atom stereocenters. The standard InChI is InChI=1S/C14H11ClN2OS/c15-9-5-6-10(16-8-9)12(18)7-14-17-11-3-1-2-4-13(11)19-14/h1-6,8,12,18H,7H2. The van der Waals surface area contributed by atoms with Crippen LogP contribution >= 0.6 is 22.9 Å². The Hall–Kier alpha value is -1.49. The molecule has 3 rings (SSSR count). The fourth-order valence-electron chi connectivity index (χ4n) is 1.86. The molecule has 96 valence electrons. The molecule has 1 unspecified atom stereocenters. The van der Waals surface area contributed by atoms with E-state index in [0.717, 1.165) is 15.2 Å². The molecule has 0 radical (unpaired) electrons. The quantitative estimate of drug-likeness (QED) is 0.801. The molecule has 5 heteroatoms. The third kappa shape index (κ3) is 2.76. The van der Waals surface area contributed by atoms with Crippen LogP contribution in [0.25, 0.3) is 10.2 Å². The highest BCUT2D eigenvalue weighted by molar-refractivity contribution is 7.18. The molecular weight excluding hydrogens is 280 g/mol. The van der Waals surface area contributed by atoms with Crippen molar-refractivity contribution in [1.82, 2.24) is 9.97 Å². The van der Waals surface area contributed by atoms with E-state index in [1.54, 1.807) is 29.7 Å². The average Bonchev–Trinajstić information content (AvgIpc) is 2.81. The molecule has 2 aromatic heterocycles. The summed E-state index contributed by atoms with van der Waals surface area (Å²) in [5.41, 5.74) is 1.59. The molecule has 3 nitrogen and oxygen atoms in total. The van der Waals surface area contributed by atoms with Gasteiger partial charge in [0.2, 0.25) is 0 Å². The number of aliphatic hydroxyl groups excluding tert-OH is 1. The molecule has 0 fully saturated rings. The van der Waals surface area contributed by atoms with E-state index in [4.69, 9.17) is 11.6 Å². The van der Waals surface area contributed by atoms with Gasteiger partial charge in [-0.1, -0.05) is 23.7 Å². The van der Waals surface area contributed by atoms with Crippen molar-refractivity contribution in [2.45, 2.75) is 12.5 Å². The van der Waals surface area contributed by atoms with E-state index in [1.165, 1.54) is 0 Å². The molecule has 0 aliphatic carbocycles. The van der Waals surface area contributed by atoms with Gasteiger partial charge in [-0.2, -0.15) is 0 Å². The number of para-hydroxylation sites is 1. The maximum atomic E-state index is 10.2. The summed E-state index contributed by atoms with van der Waals surface area (Å²) < 4.78 is 1.13. The van der Waals surface area contributed by atoms with Gasteiger partial charge in [-0.05, 0) is 24.3 Å². The zero-order valence-corrected chi connectivity index (χ0v) is 11.5. The van der Waals surface area contributed by atoms with Crippen LogP contribution in [0.15, 0.2) is 42.6 Å². The SMILES string of the molecule is OC(Cc1nc2ccccc2s1)c1ccc(Cl)cn1. The smallest absolute Gasteiger partial charge is 0.102 e. The topological polar surface area (TPSA) is 46.0 Å². The van der Waals surface area contributed by atoms with Crippen molar-refractivity contribution in [3.8, 4) is 0 Å². The van der Waals surface area contributed by atoms with Crippen molar-refractivity contribution in [2.75, 3.05) is 0 Å². The normalized spacial score (nSPS) is 12.7. The lowest BCUT2D eigenvalue weighted by molar-refractivity contribution is 0.173. The monoisotopic (exact) mass is 290 g/mol. The van der Waals surface area contributed by atoms with E-state index in [0.29, 0.717) is 17.1 Å². The number of benzene rings is 1. The highest BCUT2D eigenvalue weighted by atomic mass is 35.5. The van der Waals surface area contributed by atoms with Crippen LogP contribution in [0.3, 0.4) is 0 Å². The van der Waals surface area contributed by atoms with Gasteiger partial charge in [0.05, 0.1) is 25.9 Å². The summed E-state index contributed by atoms with van der Waals surface area (Å²) in [5, 5.41) is 11.6. The molecule has 0 spiro atoms. The first kappa shape index (κ1) is 12.5. The average molecular weight is 291 g/mol. The van der Waals surface area contributed by atoms with Crippen LogP contribution in [0, 0.1) is 0 Å². The third-order valence-corrected chi connectivity index (χ3v) is 4.08. The van der Waals surface area contributed by atoms with Crippen molar-refractivity contribution in [2.24, 2.45) is 0 Å². The summed E-state index contributed by atoms with van der Waals surface area (Å²) in [6.07, 6.45) is 1.35. The second-order valence-corrected chi connectivity index (χ2v) is 5.75. The number of halogens is 1. The van der Waals surface area contributed by atoms with Gasteiger partial charge in [-0.25, -0.2) is 4.98 Å². The fraction of sp³-hybridized carbons (Fsp3) is 0.143. The second-order valence-electron chi connectivity index (χ2n) is 4.20. The maximum Gasteiger partial charge on any atom is 0.102 e. The van der Waals surface area contributed by atoms with Crippen molar-refractivity contribution in [3.05, 3.63) is 58.3 Å². The first-order chi connectivity index (χ1) is 9.22. The minimum Gasteiger partial charge on any atom is -0.386 e. The Kier molecular flexibility index (Phi) is 3.46. The number of rotatable bonds is 3. The van der Waals surface area contributed by atoms with Crippen molar-refractivity contribution < 1.29 is 5.11 Å². The number of thiazole rings is 1. The first-order valence-electron chi connectivity index (χ1n) is 5.86. The van der Waals surface area contributed by atoms with E-state index >= 15 is 0 Å². The van der Waals surface area contributed by atoms with Crippen LogP contribution in [0.5, 0.6) is 0 Å². The van der Waals surface area contributed by atoms with Gasteiger partial charge in [0, 0.05) is 12.6 Å². The number of hydrogen-bond acceptors (Lipinski definition) is 4. The molecule has 0 aliphatic heterocycles. The van der Waals surface area contributed by atoms with Crippen molar-refractivity contribution in [3.63, 3.8) is 0 Å². The van der Waals surface area contributed by atoms with Crippen LogP contribution in [0.2, 0.25) is 5.02 Å². The maximum absolute atomic E-state index is 10.2. The van der Waals surface area contributed by atoms with Gasteiger partial charge in [0.25, 0.3) is 0 Å². The largest absolute Gasteiger partial charge is 0.386 e. The van der Waals surface area contributed by atoms with Crippen LogP contribution in [-0.4, -0.2) is 15.1 Å².